The molecule has 6 heteroatoms. The van der Waals surface area contributed by atoms with Crippen LogP contribution in [0.4, 0.5) is 0 Å². The molecule has 1 aliphatic heterocycles. The van der Waals surface area contributed by atoms with E-state index in [2.05, 4.69) is 23.2 Å². The minimum Gasteiger partial charge on any atom is -0.385 e. The molecule has 1 unspecified atom stereocenters. The third kappa shape index (κ3) is 5.25. The smallest absolute Gasteiger partial charge is 0.194 e. The number of ether oxygens (including phenoxy) is 2. The van der Waals surface area contributed by atoms with Crippen molar-refractivity contribution in [3.8, 4) is 0 Å². The lowest BCUT2D eigenvalue weighted by atomic mass is 9.96. The van der Waals surface area contributed by atoms with Gasteiger partial charge in [-0.3, -0.25) is 0 Å². The van der Waals surface area contributed by atoms with E-state index in [0.29, 0.717) is 12.6 Å². The zero-order valence-electron chi connectivity index (χ0n) is 17.3. The van der Waals surface area contributed by atoms with E-state index in [-0.39, 0.29) is 0 Å². The zero-order chi connectivity index (χ0) is 19.8. The summed E-state index contributed by atoms with van der Waals surface area (Å²) in [5, 5.41) is 14.6. The zero-order valence-corrected chi connectivity index (χ0v) is 17.3. The highest BCUT2D eigenvalue weighted by Gasteiger charge is 2.36. The largest absolute Gasteiger partial charge is 0.385 e. The van der Waals surface area contributed by atoms with Gasteiger partial charge in [-0.05, 0) is 50.2 Å². The number of aliphatic hydroxyl groups is 1. The first-order valence-electron chi connectivity index (χ1n) is 10.6. The van der Waals surface area contributed by atoms with Crippen molar-refractivity contribution in [2.75, 3.05) is 46.5 Å². The van der Waals surface area contributed by atoms with Crippen LogP contribution in [-0.4, -0.2) is 68.6 Å². The van der Waals surface area contributed by atoms with E-state index in [9.17, 15) is 5.11 Å². The van der Waals surface area contributed by atoms with E-state index in [1.54, 1.807) is 7.11 Å². The van der Waals surface area contributed by atoms with Gasteiger partial charge < -0.3 is 24.8 Å². The molecule has 1 saturated heterocycles. The van der Waals surface area contributed by atoms with Gasteiger partial charge in [-0.2, -0.15) is 0 Å². The summed E-state index contributed by atoms with van der Waals surface area (Å²) in [5.41, 5.74) is 1.44. The highest BCUT2D eigenvalue weighted by Crippen LogP contribution is 2.36. The Kier molecular flexibility index (Phi) is 7.71. The number of fused-ring (bicyclic) bond motifs is 1. The normalized spacial score (nSPS) is 23.1. The highest BCUT2D eigenvalue weighted by molar-refractivity contribution is 5.80. The third-order valence-electron chi connectivity index (χ3n) is 5.74. The summed E-state index contributed by atoms with van der Waals surface area (Å²) in [7, 11) is 1.72. The molecule has 1 heterocycles. The van der Waals surface area contributed by atoms with Crippen molar-refractivity contribution in [1.29, 1.82) is 0 Å². The van der Waals surface area contributed by atoms with E-state index in [1.807, 2.05) is 18.2 Å². The molecule has 156 valence electrons. The lowest BCUT2D eigenvalue weighted by Crippen LogP contribution is -2.47. The Morgan fingerprint density at radius 3 is 2.82 bits per heavy atom. The number of guanidine groups is 1. The molecule has 1 aliphatic carbocycles. The Hall–Kier alpha value is -1.63. The molecule has 0 amide bonds. The fourth-order valence-corrected chi connectivity index (χ4v) is 4.15. The van der Waals surface area contributed by atoms with Gasteiger partial charge in [0, 0.05) is 40.0 Å². The quantitative estimate of drug-likeness (QED) is 0.406. The molecule has 1 aromatic carbocycles. The lowest BCUT2D eigenvalue weighted by molar-refractivity contribution is 0.00961. The SMILES string of the molecule is CCNC(=NCC1(O)CCc2ccccc21)N1CCC(OCCCOC)CC1. The van der Waals surface area contributed by atoms with Gasteiger partial charge in [-0.25, -0.2) is 4.99 Å². The van der Waals surface area contributed by atoms with E-state index < -0.39 is 5.60 Å². The van der Waals surface area contributed by atoms with Crippen LogP contribution in [0.25, 0.3) is 0 Å². The molecule has 3 rings (SSSR count). The average molecular weight is 390 g/mol. The van der Waals surface area contributed by atoms with Crippen molar-refractivity contribution in [1.82, 2.24) is 10.2 Å². The molecule has 0 saturated carbocycles. The number of aryl methyl sites for hydroxylation is 1. The molecule has 2 N–H and O–H groups in total. The number of piperidine rings is 1. The molecular formula is C22H35N3O3. The molecule has 1 fully saturated rings. The summed E-state index contributed by atoms with van der Waals surface area (Å²) in [4.78, 5) is 7.12. The number of hydrogen-bond acceptors (Lipinski definition) is 4. The summed E-state index contributed by atoms with van der Waals surface area (Å²) >= 11 is 0. The molecule has 0 spiro atoms. The van der Waals surface area contributed by atoms with E-state index in [0.717, 1.165) is 76.5 Å². The van der Waals surface area contributed by atoms with Crippen LogP contribution in [0, 0.1) is 0 Å². The summed E-state index contributed by atoms with van der Waals surface area (Å²) in [6.45, 7) is 6.68. The van der Waals surface area contributed by atoms with Gasteiger partial charge in [0.1, 0.15) is 5.60 Å². The Labute approximate surface area is 168 Å². The second-order valence-electron chi connectivity index (χ2n) is 7.76. The minimum absolute atomic E-state index is 0.321. The third-order valence-corrected chi connectivity index (χ3v) is 5.74. The summed E-state index contributed by atoms with van der Waals surface area (Å²) < 4.78 is 11.0. The summed E-state index contributed by atoms with van der Waals surface area (Å²) in [6, 6.07) is 8.19. The molecule has 0 bridgehead atoms. The molecule has 0 radical (unpaired) electrons. The van der Waals surface area contributed by atoms with E-state index in [1.165, 1.54) is 5.56 Å². The van der Waals surface area contributed by atoms with Crippen molar-refractivity contribution >= 4 is 5.96 Å². The van der Waals surface area contributed by atoms with Gasteiger partial charge in [-0.1, -0.05) is 24.3 Å². The van der Waals surface area contributed by atoms with Crippen molar-refractivity contribution in [3.63, 3.8) is 0 Å². The summed E-state index contributed by atoms with van der Waals surface area (Å²) in [5.74, 6) is 0.901. The van der Waals surface area contributed by atoms with Crippen LogP contribution in [0.3, 0.4) is 0 Å². The van der Waals surface area contributed by atoms with E-state index >= 15 is 0 Å². The number of likely N-dealkylation sites (tertiary alicyclic amines) is 1. The van der Waals surface area contributed by atoms with Gasteiger partial charge in [0.25, 0.3) is 0 Å². The average Bonchev–Trinajstić information content (AvgIpc) is 3.06. The lowest BCUT2D eigenvalue weighted by Gasteiger charge is -2.34. The summed E-state index contributed by atoms with van der Waals surface area (Å²) in [6.07, 6.45) is 4.94. The first kappa shape index (κ1) is 21.1. The molecule has 1 atom stereocenters. The number of methoxy groups -OCH3 is 1. The predicted octanol–water partition coefficient (Wildman–Crippen LogP) is 2.30. The van der Waals surface area contributed by atoms with Crippen LogP contribution in [0.5, 0.6) is 0 Å². The Bertz CT molecular complexity index is 644. The van der Waals surface area contributed by atoms with E-state index in [4.69, 9.17) is 14.5 Å². The second-order valence-corrected chi connectivity index (χ2v) is 7.76. The Balaban J connectivity index is 1.55. The van der Waals surface area contributed by atoms with Crippen molar-refractivity contribution in [2.45, 2.75) is 50.7 Å². The van der Waals surface area contributed by atoms with Gasteiger partial charge in [0.05, 0.1) is 12.6 Å². The maximum absolute atomic E-state index is 11.2. The molecule has 6 nitrogen and oxygen atoms in total. The monoisotopic (exact) mass is 389 g/mol. The predicted molar refractivity (Wildman–Crippen MR) is 112 cm³/mol. The second kappa shape index (κ2) is 10.2. The minimum atomic E-state index is -0.847. The number of aliphatic imine (C=N–C) groups is 1. The van der Waals surface area contributed by atoms with Crippen LogP contribution < -0.4 is 5.32 Å². The maximum atomic E-state index is 11.2. The molecular weight excluding hydrogens is 354 g/mol. The van der Waals surface area contributed by atoms with Crippen LogP contribution in [0.1, 0.15) is 43.7 Å². The number of benzene rings is 1. The van der Waals surface area contributed by atoms with Gasteiger partial charge in [0.15, 0.2) is 5.96 Å². The molecule has 1 aromatic rings. The standard InChI is InChI=1S/C22H35N3O3/c1-3-23-21(25-13-10-19(11-14-25)28-16-6-15-27-2)24-17-22(26)12-9-18-7-4-5-8-20(18)22/h4-5,7-8,19,26H,3,6,9-17H2,1-2H3,(H,23,24). The molecule has 0 aromatic heterocycles. The fourth-order valence-electron chi connectivity index (χ4n) is 4.15. The number of hydrogen-bond donors (Lipinski definition) is 2. The number of nitrogens with zero attached hydrogens (tertiary/aromatic N) is 2. The van der Waals surface area contributed by atoms with Gasteiger partial charge >= 0.3 is 0 Å². The highest BCUT2D eigenvalue weighted by atomic mass is 16.5. The van der Waals surface area contributed by atoms with Crippen molar-refractivity contribution < 1.29 is 14.6 Å². The molecule has 28 heavy (non-hydrogen) atoms. The van der Waals surface area contributed by atoms with Crippen LogP contribution in [0.15, 0.2) is 29.3 Å². The Morgan fingerprint density at radius 2 is 2.07 bits per heavy atom. The van der Waals surface area contributed by atoms with Gasteiger partial charge in [0.2, 0.25) is 0 Å². The number of rotatable bonds is 8. The first-order chi connectivity index (χ1) is 13.7. The Morgan fingerprint density at radius 1 is 1.29 bits per heavy atom. The topological polar surface area (TPSA) is 66.3 Å². The van der Waals surface area contributed by atoms with Crippen molar-refractivity contribution in [3.05, 3.63) is 35.4 Å². The maximum Gasteiger partial charge on any atom is 0.194 e. The van der Waals surface area contributed by atoms with Crippen molar-refractivity contribution in [2.24, 2.45) is 4.99 Å². The van der Waals surface area contributed by atoms with Gasteiger partial charge in [-0.15, -0.1) is 0 Å². The first-order valence-corrected chi connectivity index (χ1v) is 10.6. The number of nitrogens with one attached hydrogen (secondary N) is 1. The molecule has 2 aliphatic rings. The van der Waals surface area contributed by atoms with Crippen LogP contribution in [0.2, 0.25) is 0 Å². The van der Waals surface area contributed by atoms with Crippen LogP contribution in [-0.2, 0) is 21.5 Å². The fraction of sp³-hybridized carbons (Fsp3) is 0.682. The van der Waals surface area contributed by atoms with Crippen LogP contribution >= 0.6 is 0 Å².